The van der Waals surface area contributed by atoms with Crippen LogP contribution in [0.25, 0.3) is 0 Å². The number of amides is 2. The Labute approximate surface area is 171 Å². The number of rotatable bonds is 3. The van der Waals surface area contributed by atoms with Crippen molar-refractivity contribution in [3.63, 3.8) is 0 Å². The summed E-state index contributed by atoms with van der Waals surface area (Å²) in [5, 5.41) is 9.49. The van der Waals surface area contributed by atoms with Gasteiger partial charge in [-0.15, -0.1) is 0 Å². The first kappa shape index (κ1) is 18.9. The van der Waals surface area contributed by atoms with Crippen LogP contribution in [0.2, 0.25) is 0 Å². The van der Waals surface area contributed by atoms with E-state index in [1.807, 2.05) is 17.0 Å². The van der Waals surface area contributed by atoms with E-state index in [9.17, 15) is 14.7 Å². The lowest BCUT2D eigenvalue weighted by atomic mass is 9.69. The van der Waals surface area contributed by atoms with Crippen LogP contribution in [0.15, 0.2) is 24.3 Å². The zero-order valence-electron chi connectivity index (χ0n) is 17.1. The van der Waals surface area contributed by atoms with Crippen molar-refractivity contribution in [2.75, 3.05) is 32.8 Å². The summed E-state index contributed by atoms with van der Waals surface area (Å²) in [4.78, 5) is 29.5. The number of ether oxygens (including phenoxy) is 1. The maximum Gasteiger partial charge on any atom is 0.229 e. The molecule has 1 spiro atoms. The number of hydrogen-bond acceptors (Lipinski definition) is 4. The van der Waals surface area contributed by atoms with Gasteiger partial charge in [-0.2, -0.15) is 0 Å². The first-order valence-corrected chi connectivity index (χ1v) is 10.8. The van der Waals surface area contributed by atoms with E-state index >= 15 is 0 Å². The third-order valence-corrected chi connectivity index (χ3v) is 7.96. The highest BCUT2D eigenvalue weighted by molar-refractivity contribution is 5.86. The van der Waals surface area contributed by atoms with Crippen LogP contribution >= 0.6 is 0 Å². The summed E-state index contributed by atoms with van der Waals surface area (Å²) in [5.41, 5.74) is 0.972. The van der Waals surface area contributed by atoms with E-state index in [-0.39, 0.29) is 28.5 Å². The van der Waals surface area contributed by atoms with Gasteiger partial charge in [-0.25, -0.2) is 0 Å². The fraction of sp³-hybridized carbons (Fsp3) is 0.652. The van der Waals surface area contributed by atoms with E-state index in [4.69, 9.17) is 4.74 Å². The van der Waals surface area contributed by atoms with Gasteiger partial charge in [0.25, 0.3) is 0 Å². The second-order valence-electron chi connectivity index (χ2n) is 9.64. The summed E-state index contributed by atoms with van der Waals surface area (Å²) < 4.78 is 5.74. The molecule has 1 N–H and O–H groups in total. The van der Waals surface area contributed by atoms with E-state index in [1.54, 1.807) is 19.1 Å². The van der Waals surface area contributed by atoms with Crippen molar-refractivity contribution >= 4 is 11.8 Å². The summed E-state index contributed by atoms with van der Waals surface area (Å²) in [6.07, 6.45) is 4.57. The molecule has 156 valence electrons. The Morgan fingerprint density at radius 3 is 2.41 bits per heavy atom. The third-order valence-electron chi connectivity index (χ3n) is 7.96. The topological polar surface area (TPSA) is 70.1 Å². The number of benzene rings is 1. The Morgan fingerprint density at radius 1 is 1.10 bits per heavy atom. The van der Waals surface area contributed by atoms with Crippen LogP contribution in [0.4, 0.5) is 0 Å². The lowest BCUT2D eigenvalue weighted by Gasteiger charge is -2.43. The Hall–Kier alpha value is -2.08. The van der Waals surface area contributed by atoms with Crippen molar-refractivity contribution in [2.24, 2.45) is 16.7 Å². The minimum Gasteiger partial charge on any atom is -0.508 e. The monoisotopic (exact) mass is 398 g/mol. The summed E-state index contributed by atoms with van der Waals surface area (Å²) in [6, 6.07) is 7.45. The number of fused-ring (bicyclic) bond motifs is 2. The highest BCUT2D eigenvalue weighted by Crippen LogP contribution is 2.53. The van der Waals surface area contributed by atoms with Gasteiger partial charge in [0.1, 0.15) is 5.75 Å². The lowest BCUT2D eigenvalue weighted by Crippen LogP contribution is -2.49. The number of carbonyl (C=O) groups is 2. The highest BCUT2D eigenvalue weighted by Gasteiger charge is 2.58. The van der Waals surface area contributed by atoms with Crippen molar-refractivity contribution < 1.29 is 19.4 Å². The Morgan fingerprint density at radius 2 is 1.79 bits per heavy atom. The van der Waals surface area contributed by atoms with E-state index in [0.717, 1.165) is 63.9 Å². The molecule has 3 heterocycles. The van der Waals surface area contributed by atoms with Gasteiger partial charge in [-0.1, -0.05) is 12.1 Å². The SMILES string of the molecule is CC(=O)N1CC2(CCN(C(=O)C3(Cc4ccc(O)cc4)CC3)CC2)[C@@H]2COC[C@@H]21. The first-order valence-electron chi connectivity index (χ1n) is 10.8. The molecule has 1 saturated carbocycles. The smallest absolute Gasteiger partial charge is 0.229 e. The van der Waals surface area contributed by atoms with Gasteiger partial charge >= 0.3 is 0 Å². The largest absolute Gasteiger partial charge is 0.508 e. The predicted molar refractivity (Wildman–Crippen MR) is 107 cm³/mol. The molecule has 0 bridgehead atoms. The normalized spacial score (nSPS) is 29.1. The summed E-state index contributed by atoms with van der Waals surface area (Å²) in [7, 11) is 0. The molecule has 2 atom stereocenters. The minimum atomic E-state index is -0.248. The number of hydrogen-bond donors (Lipinski definition) is 1. The van der Waals surface area contributed by atoms with Crippen molar-refractivity contribution in [3.8, 4) is 5.75 Å². The second-order valence-corrected chi connectivity index (χ2v) is 9.64. The molecule has 29 heavy (non-hydrogen) atoms. The summed E-state index contributed by atoms with van der Waals surface area (Å²) >= 11 is 0. The molecule has 0 aromatic heterocycles. The Bertz CT molecular complexity index is 809. The average Bonchev–Trinajstić information content (AvgIpc) is 3.20. The minimum absolute atomic E-state index is 0.108. The van der Waals surface area contributed by atoms with Crippen molar-refractivity contribution in [1.82, 2.24) is 9.80 Å². The van der Waals surface area contributed by atoms with Crippen LogP contribution in [0.3, 0.4) is 0 Å². The van der Waals surface area contributed by atoms with E-state index in [2.05, 4.69) is 4.90 Å². The molecule has 5 rings (SSSR count). The maximum absolute atomic E-state index is 13.3. The number of aromatic hydroxyl groups is 1. The van der Waals surface area contributed by atoms with Gasteiger partial charge in [-0.05, 0) is 55.2 Å². The molecule has 3 saturated heterocycles. The van der Waals surface area contributed by atoms with Crippen molar-refractivity contribution in [1.29, 1.82) is 0 Å². The van der Waals surface area contributed by atoms with Crippen LogP contribution in [0, 0.1) is 16.7 Å². The maximum atomic E-state index is 13.3. The fourth-order valence-electron chi connectivity index (χ4n) is 5.99. The zero-order chi connectivity index (χ0) is 20.2. The number of carbonyl (C=O) groups excluding carboxylic acids is 2. The number of piperidine rings is 1. The van der Waals surface area contributed by atoms with Crippen LogP contribution in [0.1, 0.15) is 38.2 Å². The number of likely N-dealkylation sites (tertiary alicyclic amines) is 2. The van der Waals surface area contributed by atoms with Gasteiger partial charge < -0.3 is 19.6 Å². The van der Waals surface area contributed by atoms with Gasteiger partial charge in [0.05, 0.1) is 24.7 Å². The third kappa shape index (κ3) is 3.12. The molecule has 6 heteroatoms. The molecule has 2 amide bonds. The van der Waals surface area contributed by atoms with Crippen molar-refractivity contribution in [3.05, 3.63) is 29.8 Å². The van der Waals surface area contributed by atoms with E-state index in [1.165, 1.54) is 0 Å². The van der Waals surface area contributed by atoms with Crippen LogP contribution in [-0.4, -0.2) is 65.6 Å². The zero-order valence-corrected chi connectivity index (χ0v) is 17.1. The highest BCUT2D eigenvalue weighted by atomic mass is 16.5. The number of phenolic OH excluding ortho intramolecular Hbond substituents is 1. The fourth-order valence-corrected chi connectivity index (χ4v) is 5.99. The molecule has 1 aromatic rings. The summed E-state index contributed by atoms with van der Waals surface area (Å²) in [6.45, 7) is 5.45. The van der Waals surface area contributed by atoms with E-state index < -0.39 is 0 Å². The molecule has 0 radical (unpaired) electrons. The Kier molecular flexibility index (Phi) is 4.39. The Balaban J connectivity index is 1.25. The molecule has 3 aliphatic heterocycles. The van der Waals surface area contributed by atoms with Crippen molar-refractivity contribution in [2.45, 2.75) is 45.1 Å². The predicted octanol–water partition coefficient (Wildman–Crippen LogP) is 2.20. The standard InChI is InChI=1S/C23H30N2O4/c1-16(26)25-15-23(19-13-29-14-20(19)25)8-10-24(11-9-23)21(28)22(6-7-22)12-17-2-4-18(27)5-3-17/h2-5,19-20,27H,6-15H2,1H3/t19-,20+/m1/s1. The molecule has 6 nitrogen and oxygen atoms in total. The lowest BCUT2D eigenvalue weighted by molar-refractivity contribution is -0.140. The first-order chi connectivity index (χ1) is 13.9. The average molecular weight is 399 g/mol. The number of phenols is 1. The molecule has 1 aromatic carbocycles. The second kappa shape index (κ2) is 6.73. The number of nitrogens with zero attached hydrogens (tertiary/aromatic N) is 2. The summed E-state index contributed by atoms with van der Waals surface area (Å²) in [5.74, 6) is 1.11. The molecular formula is C23H30N2O4. The van der Waals surface area contributed by atoms with Crippen LogP contribution in [0.5, 0.6) is 5.75 Å². The molecule has 1 aliphatic carbocycles. The quantitative estimate of drug-likeness (QED) is 0.848. The van der Waals surface area contributed by atoms with Crippen LogP contribution in [-0.2, 0) is 20.7 Å². The molecule has 4 fully saturated rings. The van der Waals surface area contributed by atoms with Gasteiger partial charge in [0.2, 0.25) is 11.8 Å². The van der Waals surface area contributed by atoms with Gasteiger partial charge in [0.15, 0.2) is 0 Å². The molecule has 4 aliphatic rings. The van der Waals surface area contributed by atoms with Crippen LogP contribution < -0.4 is 0 Å². The molecular weight excluding hydrogens is 368 g/mol. The van der Waals surface area contributed by atoms with Gasteiger partial charge in [0, 0.05) is 32.5 Å². The molecule has 0 unspecified atom stereocenters. The van der Waals surface area contributed by atoms with Gasteiger partial charge in [-0.3, -0.25) is 9.59 Å². The van der Waals surface area contributed by atoms with E-state index in [0.29, 0.717) is 18.4 Å².